The number of ether oxygens (including phenoxy) is 1. The highest BCUT2D eigenvalue weighted by atomic mass is 28.4. The molecule has 0 aromatic heterocycles. The van der Waals surface area contributed by atoms with E-state index in [0.29, 0.717) is 23.2 Å². The molecule has 0 aliphatic heterocycles. The summed E-state index contributed by atoms with van der Waals surface area (Å²) in [6, 6.07) is 0. The summed E-state index contributed by atoms with van der Waals surface area (Å²) in [7, 11) is -2.02. The Morgan fingerprint density at radius 2 is 1.58 bits per heavy atom. The van der Waals surface area contributed by atoms with Crippen LogP contribution >= 0.6 is 0 Å². The third kappa shape index (κ3) is 7.99. The van der Waals surface area contributed by atoms with Gasteiger partial charge in [-0.1, -0.05) is 85.8 Å². The standard InChI is InChI=1S/C38H68O3Si2/c1-16-18-34(39-11)28(3)32-22-23-33-29(19-17-24-38(32,33)10)20-21-30-25-31(40-42(12,13)36(4,5)6)26-35(27(30)2)41-43(14,15)37(7,8)9/h16,20-21,28,31-35H,1-2,17-19,22-26H2,3-15H3/b29-20+,30-21+/t28-,31?,32?,33?,34?,35?,38-/m1/s1. The van der Waals surface area contributed by atoms with Gasteiger partial charge in [-0.25, -0.2) is 0 Å². The van der Waals surface area contributed by atoms with Crippen LogP contribution in [0.5, 0.6) is 0 Å². The van der Waals surface area contributed by atoms with Crippen LogP contribution in [0.2, 0.25) is 36.3 Å². The van der Waals surface area contributed by atoms with Crippen LogP contribution in [0.1, 0.15) is 107 Å². The number of hydrogen-bond acceptors (Lipinski definition) is 3. The second-order valence-electron chi connectivity index (χ2n) is 17.5. The first-order valence-electron chi connectivity index (χ1n) is 17.3. The molecule has 0 bridgehead atoms. The van der Waals surface area contributed by atoms with E-state index in [2.05, 4.69) is 107 Å². The summed E-state index contributed by atoms with van der Waals surface area (Å²) in [5, 5.41) is 0.335. The van der Waals surface area contributed by atoms with Crippen molar-refractivity contribution in [2.24, 2.45) is 23.2 Å². The Balaban J connectivity index is 1.92. The normalized spacial score (nSPS) is 32.6. The molecule has 0 heterocycles. The Morgan fingerprint density at radius 3 is 2.14 bits per heavy atom. The second-order valence-corrected chi connectivity index (χ2v) is 27.0. The SMILES string of the molecule is C=CCC(OC)[C@H](C)C1CCC2/C(=C/C=C3\CC(O[Si](C)(C)C(C)(C)C)CC(O[Si](C)(C)C(C)(C)C)C3=C)CCC[C@@]21C. The van der Waals surface area contributed by atoms with E-state index in [1.54, 1.807) is 5.57 Å². The molecule has 3 aliphatic carbocycles. The predicted molar refractivity (Wildman–Crippen MR) is 192 cm³/mol. The quantitative estimate of drug-likeness (QED) is 0.178. The zero-order valence-corrected chi connectivity index (χ0v) is 32.5. The van der Waals surface area contributed by atoms with Crippen molar-refractivity contribution in [2.45, 2.75) is 161 Å². The molecular weight excluding hydrogens is 561 g/mol. The Kier molecular flexibility index (Phi) is 11.6. The molecule has 0 aromatic carbocycles. The molecule has 246 valence electrons. The van der Waals surface area contributed by atoms with Gasteiger partial charge in [-0.2, -0.15) is 0 Å². The van der Waals surface area contributed by atoms with E-state index in [0.717, 1.165) is 19.3 Å². The van der Waals surface area contributed by atoms with E-state index in [4.69, 9.17) is 13.6 Å². The van der Waals surface area contributed by atoms with Crippen LogP contribution in [-0.2, 0) is 13.6 Å². The summed E-state index contributed by atoms with van der Waals surface area (Å²) in [5.41, 5.74) is 4.51. The molecule has 3 aliphatic rings. The maximum Gasteiger partial charge on any atom is 0.192 e. The molecule has 0 N–H and O–H groups in total. The molecule has 3 saturated carbocycles. The smallest absolute Gasteiger partial charge is 0.192 e. The van der Waals surface area contributed by atoms with Crippen molar-refractivity contribution in [2.75, 3.05) is 7.11 Å². The van der Waals surface area contributed by atoms with Crippen molar-refractivity contribution in [3.8, 4) is 0 Å². The third-order valence-corrected chi connectivity index (χ3v) is 21.7. The fraction of sp³-hybridized carbons (Fsp3) is 0.789. The Morgan fingerprint density at radius 1 is 0.977 bits per heavy atom. The summed E-state index contributed by atoms with van der Waals surface area (Å²) < 4.78 is 20.1. The predicted octanol–water partition coefficient (Wildman–Crippen LogP) is 11.4. The van der Waals surface area contributed by atoms with Crippen molar-refractivity contribution < 1.29 is 13.6 Å². The molecule has 3 nitrogen and oxygen atoms in total. The maximum atomic E-state index is 7.08. The van der Waals surface area contributed by atoms with Crippen LogP contribution in [0.15, 0.2) is 48.1 Å². The average Bonchev–Trinajstić information content (AvgIpc) is 3.23. The van der Waals surface area contributed by atoms with Crippen molar-refractivity contribution >= 4 is 16.6 Å². The van der Waals surface area contributed by atoms with Crippen molar-refractivity contribution in [1.29, 1.82) is 0 Å². The van der Waals surface area contributed by atoms with Gasteiger partial charge < -0.3 is 13.6 Å². The fourth-order valence-corrected chi connectivity index (χ4v) is 10.5. The lowest BCUT2D eigenvalue weighted by Gasteiger charge is -2.46. The summed E-state index contributed by atoms with van der Waals surface area (Å²) >= 11 is 0. The maximum absolute atomic E-state index is 7.08. The largest absolute Gasteiger partial charge is 0.413 e. The van der Waals surface area contributed by atoms with Crippen LogP contribution in [0.4, 0.5) is 0 Å². The highest BCUT2D eigenvalue weighted by Crippen LogP contribution is 2.60. The first kappa shape index (κ1) is 36.7. The summed E-state index contributed by atoms with van der Waals surface area (Å²) in [4.78, 5) is 0. The molecule has 3 rings (SSSR count). The molecule has 0 saturated heterocycles. The Labute approximate surface area is 269 Å². The summed E-state index contributed by atoms with van der Waals surface area (Å²) in [6.07, 6.45) is 16.6. The van der Waals surface area contributed by atoms with E-state index in [1.165, 1.54) is 43.3 Å². The molecule has 43 heavy (non-hydrogen) atoms. The highest BCUT2D eigenvalue weighted by Gasteiger charge is 2.52. The molecule has 5 unspecified atom stereocenters. The van der Waals surface area contributed by atoms with Crippen LogP contribution in [0.25, 0.3) is 0 Å². The zero-order chi connectivity index (χ0) is 32.6. The summed E-state index contributed by atoms with van der Waals surface area (Å²) in [5.74, 6) is 1.88. The fourth-order valence-electron chi connectivity index (χ4n) is 7.86. The molecule has 0 radical (unpaired) electrons. The number of hydrogen-bond donors (Lipinski definition) is 0. The molecule has 3 fully saturated rings. The number of rotatable bonds is 10. The van der Waals surface area contributed by atoms with Crippen molar-refractivity contribution in [1.82, 2.24) is 0 Å². The molecule has 5 heteroatoms. The van der Waals surface area contributed by atoms with Crippen molar-refractivity contribution in [3.05, 3.63) is 48.1 Å². The van der Waals surface area contributed by atoms with Crippen LogP contribution in [0.3, 0.4) is 0 Å². The van der Waals surface area contributed by atoms with Gasteiger partial charge in [0.25, 0.3) is 0 Å². The molecule has 0 amide bonds. The lowest BCUT2D eigenvalue weighted by Crippen LogP contribution is -2.49. The van der Waals surface area contributed by atoms with Gasteiger partial charge in [-0.3, -0.25) is 0 Å². The topological polar surface area (TPSA) is 27.7 Å². The minimum absolute atomic E-state index is 0.0261. The van der Waals surface area contributed by atoms with Crippen LogP contribution in [0, 0.1) is 23.2 Å². The van der Waals surface area contributed by atoms with Gasteiger partial charge in [0.2, 0.25) is 0 Å². The van der Waals surface area contributed by atoms with Crippen LogP contribution in [-0.4, -0.2) is 42.1 Å². The van der Waals surface area contributed by atoms with Gasteiger partial charge in [0, 0.05) is 13.5 Å². The highest BCUT2D eigenvalue weighted by molar-refractivity contribution is 6.74. The van der Waals surface area contributed by atoms with E-state index in [1.807, 2.05) is 13.2 Å². The molecule has 0 spiro atoms. The number of fused-ring (bicyclic) bond motifs is 1. The third-order valence-electron chi connectivity index (χ3n) is 12.7. The van der Waals surface area contributed by atoms with E-state index in [-0.39, 0.29) is 28.4 Å². The second kappa shape index (κ2) is 13.6. The number of methoxy groups -OCH3 is 1. The van der Waals surface area contributed by atoms with Gasteiger partial charge in [0.15, 0.2) is 16.6 Å². The Bertz CT molecular complexity index is 1060. The minimum atomic E-state index is -1.97. The molecule has 7 atom stereocenters. The first-order chi connectivity index (χ1) is 19.7. The zero-order valence-electron chi connectivity index (χ0n) is 30.5. The van der Waals surface area contributed by atoms with Gasteiger partial charge in [0.1, 0.15) is 0 Å². The Hall–Kier alpha value is -0.726. The molecule has 0 aromatic rings. The van der Waals surface area contributed by atoms with Crippen molar-refractivity contribution in [3.63, 3.8) is 0 Å². The van der Waals surface area contributed by atoms with Crippen LogP contribution < -0.4 is 0 Å². The minimum Gasteiger partial charge on any atom is -0.413 e. The van der Waals surface area contributed by atoms with E-state index >= 15 is 0 Å². The van der Waals surface area contributed by atoms with Gasteiger partial charge >= 0.3 is 0 Å². The van der Waals surface area contributed by atoms with Gasteiger partial charge in [0.05, 0.1) is 18.3 Å². The lowest BCUT2D eigenvalue weighted by atomic mass is 9.60. The van der Waals surface area contributed by atoms with E-state index < -0.39 is 16.6 Å². The monoisotopic (exact) mass is 628 g/mol. The first-order valence-corrected chi connectivity index (χ1v) is 23.1. The van der Waals surface area contributed by atoms with E-state index in [9.17, 15) is 0 Å². The lowest BCUT2D eigenvalue weighted by molar-refractivity contribution is -0.00347. The average molecular weight is 629 g/mol. The number of allylic oxidation sites excluding steroid dienone is 3. The summed E-state index contributed by atoms with van der Waals surface area (Å²) in [6.45, 7) is 37.2. The molecular formula is C38H68O3Si2. The van der Waals surface area contributed by atoms with Gasteiger partial charge in [-0.05, 0) is 116 Å². The van der Waals surface area contributed by atoms with Gasteiger partial charge in [-0.15, -0.1) is 6.58 Å².